The van der Waals surface area contributed by atoms with Gasteiger partial charge in [0.1, 0.15) is 4.21 Å². The third-order valence-corrected chi connectivity index (χ3v) is 6.57. The summed E-state index contributed by atoms with van der Waals surface area (Å²) in [5.74, 6) is -1.78. The molecule has 0 saturated heterocycles. The number of thiophene rings is 1. The average molecular weight is 301 g/mol. The van der Waals surface area contributed by atoms with Crippen LogP contribution in [0.3, 0.4) is 0 Å². The molecule has 0 fully saturated rings. The van der Waals surface area contributed by atoms with Crippen LogP contribution in [0.4, 0.5) is 0 Å². The first-order valence-electron chi connectivity index (χ1n) is 5.79. The van der Waals surface area contributed by atoms with Gasteiger partial charge in [-0.25, -0.2) is 8.42 Å². The van der Waals surface area contributed by atoms with Gasteiger partial charge in [-0.3, -0.25) is 4.79 Å². The highest BCUT2D eigenvalue weighted by molar-refractivity contribution is 7.91. The van der Waals surface area contributed by atoms with E-state index in [1.807, 2.05) is 13.8 Å². The largest absolute Gasteiger partial charge is 0.481 e. The third kappa shape index (κ3) is 2.72. The molecular weight excluding hydrogens is 286 g/mol. The van der Waals surface area contributed by atoms with Crippen LogP contribution in [0.25, 0.3) is 0 Å². The van der Waals surface area contributed by atoms with Crippen LogP contribution >= 0.6 is 11.3 Å². The maximum absolute atomic E-state index is 12.4. The van der Waals surface area contributed by atoms with Gasteiger partial charge < -0.3 is 5.11 Å². The van der Waals surface area contributed by atoms with Crippen molar-refractivity contribution >= 4 is 27.3 Å². The van der Waals surface area contributed by atoms with Crippen LogP contribution in [0.1, 0.15) is 10.4 Å². The smallest absolute Gasteiger partial charge is 0.311 e. The summed E-state index contributed by atoms with van der Waals surface area (Å²) in [7, 11) is -3.59. The van der Waals surface area contributed by atoms with E-state index in [2.05, 4.69) is 0 Å². The lowest BCUT2D eigenvalue weighted by Crippen LogP contribution is -2.39. The number of nitrogens with zero attached hydrogens (tertiary/aromatic N) is 1. The molecule has 0 amide bonds. The maximum Gasteiger partial charge on any atom is 0.311 e. The Hall–Kier alpha value is -1.18. The standard InChI is InChI=1S/C12H15NO4S2/c1-8-6-11(18-9(8)2)19(16,17)13-5-3-4-10(7-13)12(14)15/h3-4,6,10H,5,7H2,1-2H3,(H,14,15). The lowest BCUT2D eigenvalue weighted by molar-refractivity contribution is -0.140. The quantitative estimate of drug-likeness (QED) is 0.861. The van der Waals surface area contributed by atoms with Crippen molar-refractivity contribution in [2.24, 2.45) is 5.92 Å². The van der Waals surface area contributed by atoms with Crippen molar-refractivity contribution in [3.8, 4) is 0 Å². The second-order valence-electron chi connectivity index (χ2n) is 4.50. The molecule has 1 atom stereocenters. The zero-order valence-corrected chi connectivity index (χ0v) is 12.3. The number of hydrogen-bond donors (Lipinski definition) is 1. The maximum atomic E-state index is 12.4. The van der Waals surface area contributed by atoms with E-state index in [0.29, 0.717) is 0 Å². The molecule has 0 radical (unpaired) electrons. The number of sulfonamides is 1. The first-order chi connectivity index (χ1) is 8.82. The highest BCUT2D eigenvalue weighted by atomic mass is 32.2. The summed E-state index contributed by atoms with van der Waals surface area (Å²) < 4.78 is 26.4. The molecule has 5 nitrogen and oxygen atoms in total. The van der Waals surface area contributed by atoms with Gasteiger partial charge in [-0.2, -0.15) is 4.31 Å². The van der Waals surface area contributed by atoms with E-state index in [9.17, 15) is 13.2 Å². The van der Waals surface area contributed by atoms with Gasteiger partial charge in [0.25, 0.3) is 10.0 Å². The summed E-state index contributed by atoms with van der Waals surface area (Å²) in [5, 5.41) is 8.97. The van der Waals surface area contributed by atoms with Gasteiger partial charge in [-0.15, -0.1) is 11.3 Å². The summed E-state index contributed by atoms with van der Waals surface area (Å²) in [6.45, 7) is 3.95. The lowest BCUT2D eigenvalue weighted by atomic mass is 10.1. The monoisotopic (exact) mass is 301 g/mol. The van der Waals surface area contributed by atoms with Crippen molar-refractivity contribution in [1.82, 2.24) is 4.31 Å². The van der Waals surface area contributed by atoms with Crippen LogP contribution in [-0.4, -0.2) is 36.9 Å². The molecule has 0 spiro atoms. The van der Waals surface area contributed by atoms with Gasteiger partial charge in [-0.05, 0) is 25.5 Å². The van der Waals surface area contributed by atoms with Gasteiger partial charge in [-0.1, -0.05) is 12.2 Å². The van der Waals surface area contributed by atoms with E-state index in [4.69, 9.17) is 5.11 Å². The molecule has 7 heteroatoms. The van der Waals surface area contributed by atoms with Gasteiger partial charge in [0, 0.05) is 18.0 Å². The Labute approximate surface area is 116 Å². The Morgan fingerprint density at radius 2 is 2.16 bits per heavy atom. The first-order valence-corrected chi connectivity index (χ1v) is 8.04. The molecule has 1 aliphatic heterocycles. The fourth-order valence-electron chi connectivity index (χ4n) is 1.85. The number of carbonyl (C=O) groups is 1. The van der Waals surface area contributed by atoms with E-state index in [0.717, 1.165) is 10.4 Å². The second-order valence-corrected chi connectivity index (χ2v) is 7.92. The predicted molar refractivity (Wildman–Crippen MR) is 72.8 cm³/mol. The van der Waals surface area contributed by atoms with Crippen molar-refractivity contribution in [3.05, 3.63) is 28.7 Å². The van der Waals surface area contributed by atoms with Crippen molar-refractivity contribution in [1.29, 1.82) is 0 Å². The van der Waals surface area contributed by atoms with E-state index in [-0.39, 0.29) is 17.3 Å². The minimum atomic E-state index is -3.59. The van der Waals surface area contributed by atoms with Crippen LogP contribution in [0, 0.1) is 19.8 Å². The van der Waals surface area contributed by atoms with Crippen LogP contribution in [0.2, 0.25) is 0 Å². The lowest BCUT2D eigenvalue weighted by Gasteiger charge is -2.25. The summed E-state index contributed by atoms with van der Waals surface area (Å²) in [5.41, 5.74) is 0.936. The van der Waals surface area contributed by atoms with Gasteiger partial charge in [0.05, 0.1) is 5.92 Å². The molecule has 2 heterocycles. The van der Waals surface area contributed by atoms with Crippen LogP contribution in [0.5, 0.6) is 0 Å². The Bertz CT molecular complexity index is 611. The first kappa shape index (κ1) is 14.2. The molecule has 1 N–H and O–H groups in total. The Morgan fingerprint density at radius 1 is 1.47 bits per heavy atom. The fraction of sp³-hybridized carbons (Fsp3) is 0.417. The van der Waals surface area contributed by atoms with E-state index in [1.165, 1.54) is 15.6 Å². The SMILES string of the molecule is Cc1cc(S(=O)(=O)N2CC=CC(C(=O)O)C2)sc1C. The molecule has 1 aromatic heterocycles. The zero-order chi connectivity index (χ0) is 14.2. The minimum Gasteiger partial charge on any atom is -0.481 e. The number of hydrogen-bond acceptors (Lipinski definition) is 4. The zero-order valence-electron chi connectivity index (χ0n) is 10.7. The Morgan fingerprint density at radius 3 is 2.68 bits per heavy atom. The molecule has 2 rings (SSSR count). The van der Waals surface area contributed by atoms with E-state index < -0.39 is 21.9 Å². The highest BCUT2D eigenvalue weighted by Gasteiger charge is 2.31. The normalized spacial score (nSPS) is 20.6. The predicted octanol–water partition coefficient (Wildman–Crippen LogP) is 1.63. The van der Waals surface area contributed by atoms with Crippen LogP contribution < -0.4 is 0 Å². The summed E-state index contributed by atoms with van der Waals surface area (Å²) in [6.07, 6.45) is 3.13. The molecule has 19 heavy (non-hydrogen) atoms. The molecule has 1 aliphatic rings. The fourth-order valence-corrected chi connectivity index (χ4v) is 4.94. The summed E-state index contributed by atoms with van der Waals surface area (Å²) >= 11 is 1.22. The second kappa shape index (κ2) is 5.07. The number of aliphatic carboxylic acids is 1. The van der Waals surface area contributed by atoms with Crippen molar-refractivity contribution < 1.29 is 18.3 Å². The van der Waals surface area contributed by atoms with Crippen molar-refractivity contribution in [3.63, 3.8) is 0 Å². The van der Waals surface area contributed by atoms with Crippen molar-refractivity contribution in [2.45, 2.75) is 18.1 Å². The molecule has 104 valence electrons. The number of rotatable bonds is 3. The molecule has 0 saturated carbocycles. The topological polar surface area (TPSA) is 74.7 Å². The number of aryl methyl sites for hydroxylation is 2. The van der Waals surface area contributed by atoms with Gasteiger partial charge in [0.15, 0.2) is 0 Å². The summed E-state index contributed by atoms with van der Waals surface area (Å²) in [4.78, 5) is 11.9. The molecule has 0 aromatic carbocycles. The molecule has 0 aliphatic carbocycles. The van der Waals surface area contributed by atoms with E-state index in [1.54, 1.807) is 18.2 Å². The Balaban J connectivity index is 2.30. The third-order valence-electron chi connectivity index (χ3n) is 3.13. The molecule has 0 bridgehead atoms. The Kier molecular flexibility index (Phi) is 3.80. The van der Waals surface area contributed by atoms with Crippen LogP contribution in [-0.2, 0) is 14.8 Å². The summed E-state index contributed by atoms with van der Waals surface area (Å²) in [6, 6.07) is 1.64. The number of carboxylic acid groups (broad SMARTS) is 1. The molecule has 1 aromatic rings. The van der Waals surface area contributed by atoms with Crippen molar-refractivity contribution in [2.75, 3.05) is 13.1 Å². The minimum absolute atomic E-state index is 0.00976. The van der Waals surface area contributed by atoms with Gasteiger partial charge >= 0.3 is 5.97 Å². The van der Waals surface area contributed by atoms with Gasteiger partial charge in [0.2, 0.25) is 0 Å². The highest BCUT2D eigenvalue weighted by Crippen LogP contribution is 2.29. The molecule has 1 unspecified atom stereocenters. The van der Waals surface area contributed by atoms with Crippen LogP contribution in [0.15, 0.2) is 22.4 Å². The average Bonchev–Trinajstić information content (AvgIpc) is 2.70. The van der Waals surface area contributed by atoms with E-state index >= 15 is 0 Å². The number of carboxylic acids is 1. The molecular formula is C12H15NO4S2.